The van der Waals surface area contributed by atoms with Crippen molar-refractivity contribution >= 4 is 0 Å². The molecule has 0 atom stereocenters. The number of para-hydroxylation sites is 1. The molecule has 0 fully saturated rings. The van der Waals surface area contributed by atoms with E-state index in [1.807, 2.05) is 6.07 Å². The number of oxazole rings is 1. The highest BCUT2D eigenvalue weighted by Gasteiger charge is 2.07. The third-order valence-electron chi connectivity index (χ3n) is 1.91. The highest BCUT2D eigenvalue weighted by molar-refractivity contribution is 5.65. The second kappa shape index (κ2) is 3.51. The van der Waals surface area contributed by atoms with Gasteiger partial charge < -0.3 is 15.3 Å². The van der Waals surface area contributed by atoms with Crippen molar-refractivity contribution in [3.63, 3.8) is 0 Å². The van der Waals surface area contributed by atoms with Crippen molar-refractivity contribution < 1.29 is 9.52 Å². The molecule has 0 radical (unpaired) electrons. The number of rotatable bonds is 2. The number of phenolic OH excluding ortho intramolecular Hbond substituents is 1. The lowest BCUT2D eigenvalue weighted by atomic mass is 10.1. The molecule has 72 valence electrons. The molecule has 0 bridgehead atoms. The zero-order valence-corrected chi connectivity index (χ0v) is 7.47. The molecule has 1 aromatic heterocycles. The first kappa shape index (κ1) is 8.77. The summed E-state index contributed by atoms with van der Waals surface area (Å²) in [5.74, 6) is 0.646. The fourth-order valence-corrected chi connectivity index (χ4v) is 1.22. The lowest BCUT2D eigenvalue weighted by molar-refractivity contribution is 0.477. The molecular formula is C10H10N2O2. The molecule has 1 aromatic carbocycles. The maximum atomic E-state index is 9.53. The molecule has 3 N–H and O–H groups in total. The molecule has 0 saturated carbocycles. The summed E-state index contributed by atoms with van der Waals surface area (Å²) < 4.78 is 5.08. The molecule has 0 aliphatic heterocycles. The molecule has 0 aliphatic carbocycles. The van der Waals surface area contributed by atoms with E-state index in [-0.39, 0.29) is 12.3 Å². The van der Waals surface area contributed by atoms with Gasteiger partial charge in [0.05, 0.1) is 6.54 Å². The Morgan fingerprint density at radius 3 is 2.79 bits per heavy atom. The summed E-state index contributed by atoms with van der Waals surface area (Å²) in [4.78, 5) is 4.11. The minimum absolute atomic E-state index is 0.185. The normalized spacial score (nSPS) is 10.4. The lowest BCUT2D eigenvalue weighted by Gasteiger charge is -1.97. The standard InChI is InChI=1S/C10H10N2O2/c11-5-10-12-8(6-14-10)7-3-1-2-4-9(7)13/h1-4,6,13H,5,11H2. The van der Waals surface area contributed by atoms with Gasteiger partial charge in [-0.05, 0) is 12.1 Å². The van der Waals surface area contributed by atoms with Gasteiger partial charge in [0, 0.05) is 5.56 Å². The summed E-state index contributed by atoms with van der Waals surface area (Å²) in [5, 5.41) is 9.53. The van der Waals surface area contributed by atoms with Gasteiger partial charge >= 0.3 is 0 Å². The van der Waals surface area contributed by atoms with E-state index in [4.69, 9.17) is 10.2 Å². The van der Waals surface area contributed by atoms with Crippen LogP contribution in [0.3, 0.4) is 0 Å². The van der Waals surface area contributed by atoms with E-state index in [1.165, 1.54) is 6.26 Å². The van der Waals surface area contributed by atoms with Gasteiger partial charge in [0.1, 0.15) is 17.7 Å². The maximum absolute atomic E-state index is 9.53. The van der Waals surface area contributed by atoms with Crippen LogP contribution < -0.4 is 5.73 Å². The molecule has 0 spiro atoms. The Bertz CT molecular complexity index is 437. The highest BCUT2D eigenvalue weighted by Crippen LogP contribution is 2.27. The van der Waals surface area contributed by atoms with Gasteiger partial charge in [-0.1, -0.05) is 12.1 Å². The largest absolute Gasteiger partial charge is 0.507 e. The van der Waals surface area contributed by atoms with Crippen LogP contribution in [0.4, 0.5) is 0 Å². The van der Waals surface area contributed by atoms with Crippen LogP contribution in [0, 0.1) is 0 Å². The number of nitrogens with two attached hydrogens (primary N) is 1. The maximum Gasteiger partial charge on any atom is 0.208 e. The van der Waals surface area contributed by atoms with Crippen LogP contribution in [0.1, 0.15) is 5.89 Å². The van der Waals surface area contributed by atoms with Crippen LogP contribution in [0.2, 0.25) is 0 Å². The summed E-state index contributed by atoms with van der Waals surface area (Å²) in [6.07, 6.45) is 1.48. The SMILES string of the molecule is NCc1nc(-c2ccccc2O)co1. The van der Waals surface area contributed by atoms with Crippen LogP contribution in [0.5, 0.6) is 5.75 Å². The summed E-state index contributed by atoms with van der Waals surface area (Å²) in [7, 11) is 0. The van der Waals surface area contributed by atoms with Crippen LogP contribution in [-0.4, -0.2) is 10.1 Å². The predicted molar refractivity (Wildman–Crippen MR) is 51.5 cm³/mol. The fraction of sp³-hybridized carbons (Fsp3) is 0.100. The number of hydrogen-bond donors (Lipinski definition) is 2. The Labute approximate surface area is 81.0 Å². The van der Waals surface area contributed by atoms with Gasteiger partial charge in [0.15, 0.2) is 0 Å². The number of nitrogens with zero attached hydrogens (tertiary/aromatic N) is 1. The first-order valence-corrected chi connectivity index (χ1v) is 4.24. The Balaban J connectivity index is 2.44. The van der Waals surface area contributed by atoms with E-state index in [0.29, 0.717) is 17.1 Å². The molecule has 1 heterocycles. The van der Waals surface area contributed by atoms with E-state index in [1.54, 1.807) is 18.2 Å². The number of phenols is 1. The Morgan fingerprint density at radius 1 is 1.36 bits per heavy atom. The number of aromatic nitrogens is 1. The minimum Gasteiger partial charge on any atom is -0.507 e. The molecule has 14 heavy (non-hydrogen) atoms. The lowest BCUT2D eigenvalue weighted by Crippen LogP contribution is -1.95. The average molecular weight is 190 g/mol. The summed E-state index contributed by atoms with van der Waals surface area (Å²) in [6.45, 7) is 0.258. The molecule has 4 heteroatoms. The van der Waals surface area contributed by atoms with Crippen LogP contribution >= 0.6 is 0 Å². The average Bonchev–Trinajstić information content (AvgIpc) is 2.67. The Hall–Kier alpha value is -1.81. The van der Waals surface area contributed by atoms with Gasteiger partial charge in [0.25, 0.3) is 0 Å². The summed E-state index contributed by atoms with van der Waals surface area (Å²) >= 11 is 0. The van der Waals surface area contributed by atoms with Gasteiger partial charge in [-0.2, -0.15) is 0 Å². The third-order valence-corrected chi connectivity index (χ3v) is 1.91. The highest BCUT2D eigenvalue weighted by atomic mass is 16.3. The van der Waals surface area contributed by atoms with Gasteiger partial charge in [-0.25, -0.2) is 4.98 Å². The van der Waals surface area contributed by atoms with E-state index in [0.717, 1.165) is 0 Å². The quantitative estimate of drug-likeness (QED) is 0.752. The van der Waals surface area contributed by atoms with Gasteiger partial charge in [-0.3, -0.25) is 0 Å². The molecule has 0 saturated heterocycles. The van der Waals surface area contributed by atoms with Crippen molar-refractivity contribution in [2.24, 2.45) is 5.73 Å². The molecule has 0 amide bonds. The second-order valence-corrected chi connectivity index (χ2v) is 2.85. The van der Waals surface area contributed by atoms with Crippen LogP contribution in [0.15, 0.2) is 34.9 Å². The summed E-state index contributed by atoms with van der Waals surface area (Å²) in [5.41, 5.74) is 6.61. The van der Waals surface area contributed by atoms with Gasteiger partial charge in [0.2, 0.25) is 5.89 Å². The number of hydrogen-bond acceptors (Lipinski definition) is 4. The van der Waals surface area contributed by atoms with Crippen LogP contribution in [0.25, 0.3) is 11.3 Å². The first-order valence-electron chi connectivity index (χ1n) is 4.24. The molecule has 0 unspecified atom stereocenters. The van der Waals surface area contributed by atoms with Crippen molar-refractivity contribution in [3.8, 4) is 17.0 Å². The van der Waals surface area contributed by atoms with Crippen molar-refractivity contribution in [1.82, 2.24) is 4.98 Å². The van der Waals surface area contributed by atoms with E-state index in [2.05, 4.69) is 4.98 Å². The van der Waals surface area contributed by atoms with Crippen molar-refractivity contribution in [2.75, 3.05) is 0 Å². The topological polar surface area (TPSA) is 72.3 Å². The zero-order valence-electron chi connectivity index (χ0n) is 7.47. The Morgan fingerprint density at radius 2 is 2.14 bits per heavy atom. The molecule has 4 nitrogen and oxygen atoms in total. The molecule has 2 aromatic rings. The monoisotopic (exact) mass is 190 g/mol. The smallest absolute Gasteiger partial charge is 0.208 e. The fourth-order valence-electron chi connectivity index (χ4n) is 1.22. The van der Waals surface area contributed by atoms with Crippen molar-refractivity contribution in [1.29, 1.82) is 0 Å². The first-order chi connectivity index (χ1) is 6.81. The van der Waals surface area contributed by atoms with Crippen molar-refractivity contribution in [2.45, 2.75) is 6.54 Å². The molecular weight excluding hydrogens is 180 g/mol. The zero-order chi connectivity index (χ0) is 9.97. The minimum atomic E-state index is 0.185. The third kappa shape index (κ3) is 1.47. The number of aromatic hydroxyl groups is 1. The predicted octanol–water partition coefficient (Wildman–Crippen LogP) is 1.51. The second-order valence-electron chi connectivity index (χ2n) is 2.85. The number of benzene rings is 1. The molecule has 2 rings (SSSR count). The van der Waals surface area contributed by atoms with E-state index in [9.17, 15) is 5.11 Å². The Kier molecular flexibility index (Phi) is 2.20. The van der Waals surface area contributed by atoms with Crippen molar-refractivity contribution in [3.05, 3.63) is 36.4 Å². The van der Waals surface area contributed by atoms with Crippen LogP contribution in [-0.2, 0) is 6.54 Å². The van der Waals surface area contributed by atoms with E-state index >= 15 is 0 Å². The molecule has 0 aliphatic rings. The summed E-state index contributed by atoms with van der Waals surface area (Å²) in [6, 6.07) is 6.95. The van der Waals surface area contributed by atoms with Gasteiger partial charge in [-0.15, -0.1) is 0 Å². The van der Waals surface area contributed by atoms with E-state index < -0.39 is 0 Å².